The van der Waals surface area contributed by atoms with Crippen LogP contribution in [0.4, 0.5) is 0 Å². The summed E-state index contributed by atoms with van der Waals surface area (Å²) in [6, 6.07) is 13.0. The number of fused-ring (bicyclic) bond motifs is 4. The van der Waals surface area contributed by atoms with Crippen molar-refractivity contribution in [3.8, 4) is 0 Å². The lowest BCUT2D eigenvalue weighted by Gasteiger charge is -2.48. The molecule has 0 aromatic heterocycles. The van der Waals surface area contributed by atoms with Gasteiger partial charge in [-0.2, -0.15) is 5.06 Å². The number of nitrogens with zero attached hydrogens (tertiary/aromatic N) is 1. The number of ether oxygens (including phenoxy) is 5. The van der Waals surface area contributed by atoms with Crippen molar-refractivity contribution in [1.29, 1.82) is 0 Å². The minimum absolute atomic E-state index is 0.0787. The first-order valence-corrected chi connectivity index (χ1v) is 21.7. The highest BCUT2D eigenvalue weighted by molar-refractivity contribution is 5.95. The Morgan fingerprint density at radius 1 is 0.918 bits per heavy atom. The van der Waals surface area contributed by atoms with Gasteiger partial charge in [0, 0.05) is 49.4 Å². The number of aliphatic hydroxyl groups is 1. The van der Waals surface area contributed by atoms with E-state index >= 15 is 0 Å². The third-order valence-corrected chi connectivity index (χ3v) is 12.5. The highest BCUT2D eigenvalue weighted by atomic mass is 16.8. The SMILES string of the molecule is CCCCCC1(CCCCC)O[C@@H]2[C@H](O1)[C@H]1ON(Cc3ccc(C=CC(=O)O[C@H]4C(=O)OCC4(C)C)cc3)[C@@H]3C(=O)O[C@@H]2C[C@]13C(=O)NCc1cccc(C(=O)NCCO)c1. The zero-order chi connectivity index (χ0) is 43.4. The number of hydrogen-bond acceptors (Lipinski definition) is 13. The van der Waals surface area contributed by atoms with E-state index in [0.717, 1.165) is 44.1 Å². The maximum atomic E-state index is 14.9. The lowest BCUT2D eigenvalue weighted by atomic mass is 9.62. The van der Waals surface area contributed by atoms with Gasteiger partial charge in [-0.1, -0.05) is 89.8 Å². The highest BCUT2D eigenvalue weighted by Gasteiger charge is 2.76. The summed E-state index contributed by atoms with van der Waals surface area (Å²) in [6.07, 6.45) is 6.30. The van der Waals surface area contributed by atoms with E-state index in [4.69, 9.17) is 33.6 Å². The van der Waals surface area contributed by atoms with Gasteiger partial charge in [-0.05, 0) is 47.7 Å². The first kappa shape index (κ1) is 44.4. The first-order chi connectivity index (χ1) is 29.3. The zero-order valence-corrected chi connectivity index (χ0v) is 35.5. The fraction of sp³-hybridized carbons (Fsp3) is 0.587. The van der Waals surface area contributed by atoms with Crippen molar-refractivity contribution in [2.24, 2.45) is 10.8 Å². The topological polar surface area (TPSA) is 188 Å². The molecular weight excluding hydrogens is 787 g/mol. The summed E-state index contributed by atoms with van der Waals surface area (Å²) in [5.41, 5.74) is 0.497. The van der Waals surface area contributed by atoms with E-state index < -0.39 is 71.1 Å². The number of hydrogen-bond donors (Lipinski definition) is 3. The fourth-order valence-corrected chi connectivity index (χ4v) is 9.31. The molecule has 7 atom stereocenters. The second kappa shape index (κ2) is 18.7. The smallest absolute Gasteiger partial charge is 0.348 e. The minimum Gasteiger partial charge on any atom is -0.462 e. The Morgan fingerprint density at radius 2 is 1.64 bits per heavy atom. The van der Waals surface area contributed by atoms with Crippen LogP contribution in [0.5, 0.6) is 0 Å². The van der Waals surface area contributed by atoms with Crippen molar-refractivity contribution in [2.45, 2.75) is 141 Å². The van der Waals surface area contributed by atoms with Gasteiger partial charge in [-0.15, -0.1) is 0 Å². The summed E-state index contributed by atoms with van der Waals surface area (Å²) < 4.78 is 30.5. The predicted molar refractivity (Wildman–Crippen MR) is 220 cm³/mol. The van der Waals surface area contributed by atoms with E-state index in [0.29, 0.717) is 29.5 Å². The van der Waals surface area contributed by atoms with Crippen LogP contribution in [0.15, 0.2) is 54.6 Å². The summed E-state index contributed by atoms with van der Waals surface area (Å²) in [5.74, 6) is -3.46. The average molecular weight is 846 g/mol. The van der Waals surface area contributed by atoms with Crippen LogP contribution in [0, 0.1) is 10.8 Å². The number of nitrogens with one attached hydrogen (secondary N) is 2. The van der Waals surface area contributed by atoms with E-state index in [2.05, 4.69) is 24.5 Å². The number of esters is 3. The number of aliphatic hydroxyl groups excluding tert-OH is 1. The van der Waals surface area contributed by atoms with Crippen LogP contribution in [0.1, 0.15) is 113 Å². The monoisotopic (exact) mass is 845 g/mol. The Bertz CT molecular complexity index is 1960. The van der Waals surface area contributed by atoms with Crippen molar-refractivity contribution < 1.29 is 57.6 Å². The zero-order valence-electron chi connectivity index (χ0n) is 35.5. The normalized spacial score (nSPS) is 28.3. The van der Waals surface area contributed by atoms with Crippen LogP contribution >= 0.6 is 0 Å². The number of amides is 2. The lowest BCUT2D eigenvalue weighted by molar-refractivity contribution is -0.224. The second-order valence-electron chi connectivity index (χ2n) is 17.6. The summed E-state index contributed by atoms with van der Waals surface area (Å²) in [6.45, 7) is 8.19. The molecule has 15 nitrogen and oxygen atoms in total. The lowest BCUT2D eigenvalue weighted by Crippen LogP contribution is -2.69. The molecule has 5 fully saturated rings. The summed E-state index contributed by atoms with van der Waals surface area (Å²) in [4.78, 5) is 73.2. The van der Waals surface area contributed by atoms with Gasteiger partial charge in [0.15, 0.2) is 11.8 Å². The van der Waals surface area contributed by atoms with Gasteiger partial charge >= 0.3 is 17.9 Å². The van der Waals surface area contributed by atoms with Crippen molar-refractivity contribution in [2.75, 3.05) is 19.8 Å². The van der Waals surface area contributed by atoms with Gasteiger partial charge in [0.2, 0.25) is 12.0 Å². The Labute approximate surface area is 356 Å². The molecule has 4 saturated heterocycles. The molecule has 2 aromatic rings. The molecule has 2 amide bonds. The first-order valence-electron chi connectivity index (χ1n) is 21.7. The predicted octanol–water partition coefficient (Wildman–Crippen LogP) is 4.67. The highest BCUT2D eigenvalue weighted by Crippen LogP contribution is 2.58. The van der Waals surface area contributed by atoms with E-state index in [9.17, 15) is 24.0 Å². The van der Waals surface area contributed by atoms with Crippen LogP contribution in [-0.2, 0) is 60.8 Å². The van der Waals surface area contributed by atoms with Gasteiger partial charge in [0.05, 0.1) is 13.2 Å². The Hall–Kier alpha value is -4.67. The van der Waals surface area contributed by atoms with E-state index in [1.54, 1.807) is 61.4 Å². The number of carbonyl (C=O) groups excluding carboxylic acids is 5. The van der Waals surface area contributed by atoms with Gasteiger partial charge in [-0.3, -0.25) is 19.2 Å². The fourth-order valence-electron chi connectivity index (χ4n) is 9.31. The number of cyclic esters (lactones) is 1. The molecule has 5 aliphatic rings. The van der Waals surface area contributed by atoms with Crippen molar-refractivity contribution >= 4 is 35.8 Å². The molecule has 0 spiro atoms. The summed E-state index contributed by atoms with van der Waals surface area (Å²) >= 11 is 0. The molecule has 7 rings (SSSR count). The number of hydroxylamine groups is 2. The molecule has 4 heterocycles. The van der Waals surface area contributed by atoms with E-state index in [1.165, 1.54) is 6.08 Å². The summed E-state index contributed by atoms with van der Waals surface area (Å²) in [5, 5.41) is 16.4. The maximum absolute atomic E-state index is 14.9. The van der Waals surface area contributed by atoms with Crippen LogP contribution < -0.4 is 10.6 Å². The molecule has 1 saturated carbocycles. The van der Waals surface area contributed by atoms with Crippen LogP contribution in [0.2, 0.25) is 0 Å². The van der Waals surface area contributed by atoms with Gasteiger partial charge in [0.25, 0.3) is 5.91 Å². The molecular formula is C46H59N3O12. The minimum atomic E-state index is -1.40. The van der Waals surface area contributed by atoms with Crippen molar-refractivity contribution in [3.63, 3.8) is 0 Å². The molecule has 15 heteroatoms. The van der Waals surface area contributed by atoms with Crippen molar-refractivity contribution in [1.82, 2.24) is 15.7 Å². The van der Waals surface area contributed by atoms with Crippen LogP contribution in [0.25, 0.3) is 6.08 Å². The van der Waals surface area contributed by atoms with Gasteiger partial charge < -0.3 is 39.4 Å². The average Bonchev–Trinajstić information content (AvgIpc) is 3.89. The maximum Gasteiger partial charge on any atom is 0.348 e. The number of carbonyl (C=O) groups is 5. The van der Waals surface area contributed by atoms with Crippen LogP contribution in [-0.4, -0.2) is 102 Å². The molecule has 4 aliphatic heterocycles. The van der Waals surface area contributed by atoms with Crippen molar-refractivity contribution in [3.05, 3.63) is 76.9 Å². The molecule has 2 aromatic carbocycles. The molecule has 3 N–H and O–H groups in total. The third kappa shape index (κ3) is 9.26. The molecule has 61 heavy (non-hydrogen) atoms. The van der Waals surface area contributed by atoms with Gasteiger partial charge in [0.1, 0.15) is 36.4 Å². The number of benzene rings is 2. The number of rotatable bonds is 19. The number of unbranched alkanes of at least 4 members (excludes halogenated alkanes) is 4. The molecule has 0 radical (unpaired) electrons. The Balaban J connectivity index is 1.13. The largest absolute Gasteiger partial charge is 0.462 e. The molecule has 0 unspecified atom stereocenters. The van der Waals surface area contributed by atoms with Crippen LogP contribution in [0.3, 0.4) is 0 Å². The third-order valence-electron chi connectivity index (χ3n) is 12.5. The molecule has 2 bridgehead atoms. The van der Waals surface area contributed by atoms with E-state index in [1.807, 2.05) is 12.1 Å². The quantitative estimate of drug-likeness (QED) is 0.0767. The van der Waals surface area contributed by atoms with E-state index in [-0.39, 0.29) is 51.1 Å². The Kier molecular flexibility index (Phi) is 13.6. The van der Waals surface area contributed by atoms with Gasteiger partial charge in [-0.25, -0.2) is 9.59 Å². The second-order valence-corrected chi connectivity index (χ2v) is 17.6. The standard InChI is InChI=1S/C46H59N3O12/c1-5-7-9-20-45(21-10-8-6-2)59-35-33-25-46(43(55)48-26-31-12-11-13-32(24-31)40(52)47-22-23-50)37(41(53)57-33)49(61-38(46)36(35)60-45)27-30-16-14-29(15-17-30)18-19-34(51)58-39-42(54)56-28-44(39,3)4/h11-19,24,33,35-39,50H,5-10,20-23,25-28H2,1-4H3,(H,47,52)(H,48,55)/t33-,35+,36+,37-,38-,39+,46-/m1/s1. The Morgan fingerprint density at radius 3 is 2.31 bits per heavy atom. The molecule has 330 valence electrons. The summed E-state index contributed by atoms with van der Waals surface area (Å²) in [7, 11) is 0. The molecule has 1 aliphatic carbocycles.